The van der Waals surface area contributed by atoms with Crippen LogP contribution >= 0.6 is 11.6 Å². The number of amides is 3. The molecule has 7 heteroatoms. The summed E-state index contributed by atoms with van der Waals surface area (Å²) in [5, 5.41) is 3.12. The zero-order valence-electron chi connectivity index (χ0n) is 12.6. The molecule has 2 fully saturated rings. The van der Waals surface area contributed by atoms with Gasteiger partial charge in [0, 0.05) is 32.6 Å². The van der Waals surface area contributed by atoms with Gasteiger partial charge in [0.1, 0.15) is 6.04 Å². The molecule has 0 spiro atoms. The number of halogens is 1. The topological polar surface area (TPSA) is 69.7 Å². The van der Waals surface area contributed by atoms with Crippen LogP contribution in [-0.2, 0) is 9.59 Å². The molecular formula is C16H18ClN3O3. The summed E-state index contributed by atoms with van der Waals surface area (Å²) in [5.74, 6) is -0.242. The highest BCUT2D eigenvalue weighted by Gasteiger charge is 2.33. The van der Waals surface area contributed by atoms with Crippen LogP contribution in [0.3, 0.4) is 0 Å². The Bertz CT molecular complexity index is 641. The first kappa shape index (κ1) is 15.8. The van der Waals surface area contributed by atoms with Crippen LogP contribution < -0.4 is 5.32 Å². The van der Waals surface area contributed by atoms with Crippen LogP contribution in [0.2, 0.25) is 5.02 Å². The molecule has 0 aliphatic carbocycles. The van der Waals surface area contributed by atoms with Gasteiger partial charge in [-0.3, -0.25) is 14.4 Å². The maximum atomic E-state index is 12.5. The summed E-state index contributed by atoms with van der Waals surface area (Å²) in [6.45, 7) is 1.88. The lowest BCUT2D eigenvalue weighted by Gasteiger charge is -2.36. The standard InChI is InChI=1S/C16H18ClN3O3/c17-12-4-2-1-3-11(12)15(22)19-7-9-20(10-8-19)16(23)13-5-6-14(21)18-13/h1-4,13H,5-10H2,(H,18,21). The second-order valence-corrected chi connectivity index (χ2v) is 6.16. The van der Waals surface area contributed by atoms with Crippen LogP contribution in [0.5, 0.6) is 0 Å². The molecule has 3 amide bonds. The van der Waals surface area contributed by atoms with E-state index in [4.69, 9.17) is 11.6 Å². The van der Waals surface area contributed by atoms with Crippen LogP contribution in [0.15, 0.2) is 24.3 Å². The van der Waals surface area contributed by atoms with E-state index in [2.05, 4.69) is 5.32 Å². The third-order valence-electron chi connectivity index (χ3n) is 4.28. The first-order valence-electron chi connectivity index (χ1n) is 7.68. The number of carbonyl (C=O) groups excluding carboxylic acids is 3. The van der Waals surface area contributed by atoms with Crippen LogP contribution in [0, 0.1) is 0 Å². The molecule has 0 saturated carbocycles. The fourth-order valence-corrected chi connectivity index (χ4v) is 3.17. The molecule has 23 heavy (non-hydrogen) atoms. The van der Waals surface area contributed by atoms with Crippen molar-refractivity contribution in [2.45, 2.75) is 18.9 Å². The van der Waals surface area contributed by atoms with Gasteiger partial charge in [0.2, 0.25) is 11.8 Å². The fraction of sp³-hybridized carbons (Fsp3) is 0.438. The first-order valence-corrected chi connectivity index (χ1v) is 8.06. The van der Waals surface area contributed by atoms with Gasteiger partial charge in [-0.2, -0.15) is 0 Å². The minimum absolute atomic E-state index is 0.0549. The normalized spacial score (nSPS) is 21.3. The number of carbonyl (C=O) groups is 3. The van der Waals surface area contributed by atoms with Crippen molar-refractivity contribution >= 4 is 29.3 Å². The van der Waals surface area contributed by atoms with Crippen molar-refractivity contribution in [3.05, 3.63) is 34.9 Å². The van der Waals surface area contributed by atoms with E-state index in [9.17, 15) is 14.4 Å². The average Bonchev–Trinajstić information content (AvgIpc) is 3.01. The summed E-state index contributed by atoms with van der Waals surface area (Å²) < 4.78 is 0. The Morgan fingerprint density at radius 1 is 1.09 bits per heavy atom. The molecule has 1 unspecified atom stereocenters. The van der Waals surface area contributed by atoms with Crippen molar-refractivity contribution in [3.8, 4) is 0 Å². The highest BCUT2D eigenvalue weighted by Crippen LogP contribution is 2.18. The van der Waals surface area contributed by atoms with Gasteiger partial charge >= 0.3 is 0 Å². The predicted molar refractivity (Wildman–Crippen MR) is 85.1 cm³/mol. The molecule has 1 aromatic carbocycles. The second kappa shape index (κ2) is 6.58. The first-order chi connectivity index (χ1) is 11.1. The van der Waals surface area contributed by atoms with Gasteiger partial charge in [-0.15, -0.1) is 0 Å². The summed E-state index contributed by atoms with van der Waals surface area (Å²) in [6.07, 6.45) is 0.956. The smallest absolute Gasteiger partial charge is 0.255 e. The lowest BCUT2D eigenvalue weighted by molar-refractivity contribution is -0.135. The molecule has 0 bridgehead atoms. The molecule has 1 N–H and O–H groups in total. The van der Waals surface area contributed by atoms with Gasteiger partial charge in [-0.05, 0) is 18.6 Å². The van der Waals surface area contributed by atoms with Gasteiger partial charge in [-0.1, -0.05) is 23.7 Å². The molecule has 2 heterocycles. The molecule has 1 atom stereocenters. The Morgan fingerprint density at radius 3 is 2.35 bits per heavy atom. The van der Waals surface area contributed by atoms with Crippen molar-refractivity contribution in [3.63, 3.8) is 0 Å². The Labute approximate surface area is 139 Å². The van der Waals surface area contributed by atoms with E-state index < -0.39 is 6.04 Å². The molecule has 2 aliphatic heterocycles. The maximum absolute atomic E-state index is 12.5. The number of hydrogen-bond acceptors (Lipinski definition) is 3. The van der Waals surface area contributed by atoms with Gasteiger partial charge in [0.05, 0.1) is 10.6 Å². The van der Waals surface area contributed by atoms with Gasteiger partial charge < -0.3 is 15.1 Å². The molecule has 0 radical (unpaired) electrons. The van der Waals surface area contributed by atoms with Crippen molar-refractivity contribution < 1.29 is 14.4 Å². The molecule has 0 aromatic heterocycles. The molecule has 2 aliphatic rings. The number of piperazine rings is 1. The number of nitrogens with zero attached hydrogens (tertiary/aromatic N) is 2. The third-order valence-corrected chi connectivity index (χ3v) is 4.61. The summed E-state index contributed by atoms with van der Waals surface area (Å²) in [7, 11) is 0. The molecule has 2 saturated heterocycles. The van der Waals surface area contributed by atoms with Crippen LogP contribution in [-0.4, -0.2) is 59.7 Å². The monoisotopic (exact) mass is 335 g/mol. The molecule has 6 nitrogen and oxygen atoms in total. The summed E-state index contributed by atoms with van der Waals surface area (Å²) >= 11 is 6.06. The van der Waals surface area contributed by atoms with E-state index in [-0.39, 0.29) is 17.7 Å². The molecule has 3 rings (SSSR count). The van der Waals surface area contributed by atoms with E-state index in [1.54, 1.807) is 34.1 Å². The lowest BCUT2D eigenvalue weighted by Crippen LogP contribution is -2.54. The van der Waals surface area contributed by atoms with Crippen LogP contribution in [0.25, 0.3) is 0 Å². The van der Waals surface area contributed by atoms with Crippen molar-refractivity contribution in [2.24, 2.45) is 0 Å². The van der Waals surface area contributed by atoms with Crippen molar-refractivity contribution in [1.82, 2.24) is 15.1 Å². The Balaban J connectivity index is 1.58. The Kier molecular flexibility index (Phi) is 4.52. The molecular weight excluding hydrogens is 318 g/mol. The fourth-order valence-electron chi connectivity index (χ4n) is 2.95. The van der Waals surface area contributed by atoms with Gasteiger partial charge in [0.25, 0.3) is 5.91 Å². The SMILES string of the molecule is O=C1CCC(C(=O)N2CCN(C(=O)c3ccccc3Cl)CC2)N1. The molecule has 122 valence electrons. The quantitative estimate of drug-likeness (QED) is 0.873. The third kappa shape index (κ3) is 3.32. The Morgan fingerprint density at radius 2 is 1.74 bits per heavy atom. The van der Waals surface area contributed by atoms with E-state index >= 15 is 0 Å². The Hall–Kier alpha value is -2.08. The summed E-state index contributed by atoms with van der Waals surface area (Å²) in [5.41, 5.74) is 0.483. The van der Waals surface area contributed by atoms with Crippen molar-refractivity contribution in [2.75, 3.05) is 26.2 Å². The number of nitrogens with one attached hydrogen (secondary N) is 1. The lowest BCUT2D eigenvalue weighted by atomic mass is 10.1. The van der Waals surface area contributed by atoms with E-state index in [0.29, 0.717) is 49.6 Å². The highest BCUT2D eigenvalue weighted by molar-refractivity contribution is 6.33. The van der Waals surface area contributed by atoms with Crippen LogP contribution in [0.4, 0.5) is 0 Å². The van der Waals surface area contributed by atoms with Gasteiger partial charge in [0.15, 0.2) is 0 Å². The highest BCUT2D eigenvalue weighted by atomic mass is 35.5. The number of rotatable bonds is 2. The van der Waals surface area contributed by atoms with E-state index in [0.717, 1.165) is 0 Å². The zero-order chi connectivity index (χ0) is 16.4. The number of hydrogen-bond donors (Lipinski definition) is 1. The van der Waals surface area contributed by atoms with Gasteiger partial charge in [-0.25, -0.2) is 0 Å². The summed E-state index contributed by atoms with van der Waals surface area (Å²) in [6, 6.07) is 6.55. The second-order valence-electron chi connectivity index (χ2n) is 5.76. The maximum Gasteiger partial charge on any atom is 0.255 e. The van der Waals surface area contributed by atoms with E-state index in [1.807, 2.05) is 0 Å². The minimum atomic E-state index is -0.409. The van der Waals surface area contributed by atoms with Crippen LogP contribution in [0.1, 0.15) is 23.2 Å². The number of benzene rings is 1. The minimum Gasteiger partial charge on any atom is -0.344 e. The average molecular weight is 336 g/mol. The predicted octanol–water partition coefficient (Wildman–Crippen LogP) is 0.903. The summed E-state index contributed by atoms with van der Waals surface area (Å²) in [4.78, 5) is 39.5. The largest absolute Gasteiger partial charge is 0.344 e. The van der Waals surface area contributed by atoms with E-state index in [1.165, 1.54) is 0 Å². The van der Waals surface area contributed by atoms with Crippen molar-refractivity contribution in [1.29, 1.82) is 0 Å². The zero-order valence-corrected chi connectivity index (χ0v) is 13.4. The molecule has 1 aromatic rings.